The number of carbonyl (C=O) groups is 1. The molecule has 1 aromatic carbocycles. The van der Waals surface area contributed by atoms with E-state index in [9.17, 15) is 4.79 Å². The first-order chi connectivity index (χ1) is 8.65. The lowest BCUT2D eigenvalue weighted by Gasteiger charge is -2.15. The van der Waals surface area contributed by atoms with Crippen molar-refractivity contribution in [2.75, 3.05) is 13.1 Å². The summed E-state index contributed by atoms with van der Waals surface area (Å²) in [7, 11) is 0. The van der Waals surface area contributed by atoms with Gasteiger partial charge in [0, 0.05) is 30.6 Å². The van der Waals surface area contributed by atoms with Crippen LogP contribution in [0.3, 0.4) is 0 Å². The van der Waals surface area contributed by atoms with Gasteiger partial charge in [-0.1, -0.05) is 36.7 Å². The minimum Gasteiger partial charge on any atom is -0.356 e. The number of carbonyl (C=O) groups excluding carboxylic acids is 1. The third-order valence-corrected chi connectivity index (χ3v) is 3.09. The van der Waals surface area contributed by atoms with E-state index >= 15 is 0 Å². The van der Waals surface area contributed by atoms with Crippen molar-refractivity contribution in [3.63, 3.8) is 0 Å². The monoisotopic (exact) mass is 268 g/mol. The predicted molar refractivity (Wildman–Crippen MR) is 75.8 cm³/mol. The number of nitrogens with one attached hydrogen (secondary N) is 2. The number of rotatable bonds is 7. The number of halogens is 1. The molecule has 0 saturated carbocycles. The molecule has 1 aromatic rings. The van der Waals surface area contributed by atoms with Crippen molar-refractivity contribution in [3.8, 4) is 0 Å². The molecule has 0 spiro atoms. The third kappa shape index (κ3) is 5.07. The number of benzene rings is 1. The van der Waals surface area contributed by atoms with E-state index in [-0.39, 0.29) is 11.9 Å². The molecule has 3 nitrogen and oxygen atoms in total. The largest absolute Gasteiger partial charge is 0.356 e. The van der Waals surface area contributed by atoms with Crippen LogP contribution in [0, 0.1) is 0 Å². The Bertz CT molecular complexity index is 382. The molecular weight excluding hydrogens is 248 g/mol. The SMILES string of the molecule is CCCNC(=O)CCNC(C)c1ccccc1Cl. The fourth-order valence-corrected chi connectivity index (χ4v) is 1.99. The van der Waals surface area contributed by atoms with Crippen LogP contribution >= 0.6 is 11.6 Å². The third-order valence-electron chi connectivity index (χ3n) is 2.75. The topological polar surface area (TPSA) is 41.1 Å². The summed E-state index contributed by atoms with van der Waals surface area (Å²) in [4.78, 5) is 11.4. The minimum atomic E-state index is 0.0932. The summed E-state index contributed by atoms with van der Waals surface area (Å²) in [5.41, 5.74) is 1.06. The summed E-state index contributed by atoms with van der Waals surface area (Å²) in [5.74, 6) is 0.0932. The first-order valence-corrected chi connectivity index (χ1v) is 6.77. The van der Waals surface area contributed by atoms with Crippen molar-refractivity contribution < 1.29 is 4.79 Å². The molecule has 0 aliphatic carbocycles. The summed E-state index contributed by atoms with van der Waals surface area (Å²) < 4.78 is 0. The van der Waals surface area contributed by atoms with E-state index in [2.05, 4.69) is 10.6 Å². The van der Waals surface area contributed by atoms with E-state index in [1.807, 2.05) is 38.1 Å². The Kier molecular flexibility index (Phi) is 6.76. The van der Waals surface area contributed by atoms with Crippen molar-refractivity contribution >= 4 is 17.5 Å². The van der Waals surface area contributed by atoms with Crippen LogP contribution in [-0.4, -0.2) is 19.0 Å². The fraction of sp³-hybridized carbons (Fsp3) is 0.500. The van der Waals surface area contributed by atoms with E-state index in [4.69, 9.17) is 11.6 Å². The second-order valence-corrected chi connectivity index (χ2v) is 4.70. The van der Waals surface area contributed by atoms with Gasteiger partial charge in [0.05, 0.1) is 0 Å². The zero-order valence-electron chi connectivity index (χ0n) is 11.0. The number of amides is 1. The second kappa shape index (κ2) is 8.11. The van der Waals surface area contributed by atoms with Gasteiger partial charge in [-0.15, -0.1) is 0 Å². The van der Waals surface area contributed by atoms with Crippen LogP contribution in [0.4, 0.5) is 0 Å². The summed E-state index contributed by atoms with van der Waals surface area (Å²) in [6.07, 6.45) is 1.46. The molecule has 1 amide bonds. The Morgan fingerprint density at radius 3 is 2.72 bits per heavy atom. The smallest absolute Gasteiger partial charge is 0.221 e. The van der Waals surface area contributed by atoms with Gasteiger partial charge in [0.1, 0.15) is 0 Å². The molecule has 0 aromatic heterocycles. The van der Waals surface area contributed by atoms with Crippen LogP contribution in [0.2, 0.25) is 5.02 Å². The van der Waals surface area contributed by atoms with Gasteiger partial charge in [0.2, 0.25) is 5.91 Å². The van der Waals surface area contributed by atoms with Crippen LogP contribution in [0.25, 0.3) is 0 Å². The molecular formula is C14H21ClN2O. The standard InChI is InChI=1S/C14H21ClN2O/c1-3-9-17-14(18)8-10-16-11(2)12-6-4-5-7-13(12)15/h4-7,11,16H,3,8-10H2,1-2H3,(H,17,18). The molecule has 2 N–H and O–H groups in total. The lowest BCUT2D eigenvalue weighted by Crippen LogP contribution is -2.29. The average molecular weight is 269 g/mol. The van der Waals surface area contributed by atoms with Gasteiger partial charge in [-0.05, 0) is 25.0 Å². The molecule has 100 valence electrons. The highest BCUT2D eigenvalue weighted by Crippen LogP contribution is 2.21. The van der Waals surface area contributed by atoms with E-state index < -0.39 is 0 Å². The Hall–Kier alpha value is -1.06. The van der Waals surface area contributed by atoms with Crippen molar-refractivity contribution in [2.45, 2.75) is 32.7 Å². The maximum Gasteiger partial charge on any atom is 0.221 e. The van der Waals surface area contributed by atoms with E-state index in [0.29, 0.717) is 13.0 Å². The molecule has 0 aliphatic heterocycles. The van der Waals surface area contributed by atoms with E-state index in [0.717, 1.165) is 23.6 Å². The molecule has 1 rings (SSSR count). The van der Waals surface area contributed by atoms with Crippen LogP contribution in [0.15, 0.2) is 24.3 Å². The second-order valence-electron chi connectivity index (χ2n) is 4.30. The Balaban J connectivity index is 2.31. The zero-order chi connectivity index (χ0) is 13.4. The van der Waals surface area contributed by atoms with Crippen LogP contribution < -0.4 is 10.6 Å². The maximum atomic E-state index is 11.4. The van der Waals surface area contributed by atoms with Crippen LogP contribution in [0.5, 0.6) is 0 Å². The summed E-state index contributed by atoms with van der Waals surface area (Å²) in [6.45, 7) is 5.49. The highest BCUT2D eigenvalue weighted by atomic mass is 35.5. The molecule has 1 unspecified atom stereocenters. The number of hydrogen-bond donors (Lipinski definition) is 2. The van der Waals surface area contributed by atoms with Crippen molar-refractivity contribution in [1.29, 1.82) is 0 Å². The highest BCUT2D eigenvalue weighted by Gasteiger charge is 2.08. The van der Waals surface area contributed by atoms with Gasteiger partial charge >= 0.3 is 0 Å². The van der Waals surface area contributed by atoms with E-state index in [1.54, 1.807) is 0 Å². The van der Waals surface area contributed by atoms with Gasteiger partial charge in [-0.25, -0.2) is 0 Å². The first kappa shape index (κ1) is 15.0. The van der Waals surface area contributed by atoms with Gasteiger partial charge in [-0.2, -0.15) is 0 Å². The fourth-order valence-electron chi connectivity index (χ4n) is 1.69. The molecule has 18 heavy (non-hydrogen) atoms. The molecule has 0 saturated heterocycles. The molecule has 0 fully saturated rings. The Morgan fingerprint density at radius 2 is 2.06 bits per heavy atom. The highest BCUT2D eigenvalue weighted by molar-refractivity contribution is 6.31. The summed E-state index contributed by atoms with van der Waals surface area (Å²) >= 11 is 6.11. The van der Waals surface area contributed by atoms with Gasteiger partial charge < -0.3 is 10.6 Å². The van der Waals surface area contributed by atoms with Crippen LogP contribution in [-0.2, 0) is 4.79 Å². The molecule has 0 bridgehead atoms. The normalized spacial score (nSPS) is 12.2. The molecule has 0 aliphatic rings. The molecule has 4 heteroatoms. The van der Waals surface area contributed by atoms with Crippen LogP contribution in [0.1, 0.15) is 38.3 Å². The first-order valence-electron chi connectivity index (χ1n) is 6.39. The van der Waals surface area contributed by atoms with Gasteiger partial charge in [-0.3, -0.25) is 4.79 Å². The van der Waals surface area contributed by atoms with Gasteiger partial charge in [0.15, 0.2) is 0 Å². The van der Waals surface area contributed by atoms with E-state index in [1.165, 1.54) is 0 Å². The zero-order valence-corrected chi connectivity index (χ0v) is 11.8. The predicted octanol–water partition coefficient (Wildman–Crippen LogP) is 2.91. The molecule has 0 heterocycles. The van der Waals surface area contributed by atoms with Crippen molar-refractivity contribution in [3.05, 3.63) is 34.9 Å². The average Bonchev–Trinajstić information content (AvgIpc) is 2.36. The Labute approximate surface area is 114 Å². The minimum absolute atomic E-state index is 0.0932. The van der Waals surface area contributed by atoms with Crippen molar-refractivity contribution in [2.24, 2.45) is 0 Å². The van der Waals surface area contributed by atoms with Crippen molar-refractivity contribution in [1.82, 2.24) is 10.6 Å². The molecule has 0 radical (unpaired) electrons. The number of hydrogen-bond acceptors (Lipinski definition) is 2. The quantitative estimate of drug-likeness (QED) is 0.798. The summed E-state index contributed by atoms with van der Waals surface area (Å²) in [5, 5.41) is 6.91. The maximum absolute atomic E-state index is 11.4. The lowest BCUT2D eigenvalue weighted by atomic mass is 10.1. The Morgan fingerprint density at radius 1 is 1.33 bits per heavy atom. The molecule has 1 atom stereocenters. The van der Waals surface area contributed by atoms with Gasteiger partial charge in [0.25, 0.3) is 0 Å². The summed E-state index contributed by atoms with van der Waals surface area (Å²) in [6, 6.07) is 7.90. The lowest BCUT2D eigenvalue weighted by molar-refractivity contribution is -0.121.